The molecule has 1 fully saturated rings. The van der Waals surface area contributed by atoms with E-state index in [4.69, 9.17) is 4.74 Å². The third-order valence-electron chi connectivity index (χ3n) is 4.15. The van der Waals surface area contributed by atoms with Gasteiger partial charge in [0.15, 0.2) is 0 Å². The first-order valence-electron chi connectivity index (χ1n) is 7.69. The van der Waals surface area contributed by atoms with Gasteiger partial charge in [0.25, 0.3) is 0 Å². The molecule has 1 unspecified atom stereocenters. The number of hydrogen-bond acceptors (Lipinski definition) is 3. The van der Waals surface area contributed by atoms with E-state index in [-0.39, 0.29) is 6.10 Å². The minimum Gasteiger partial charge on any atom is -0.387 e. The van der Waals surface area contributed by atoms with Gasteiger partial charge in [0.2, 0.25) is 0 Å². The molecule has 1 saturated heterocycles. The van der Waals surface area contributed by atoms with Gasteiger partial charge in [-0.2, -0.15) is 0 Å². The molecule has 0 radical (unpaired) electrons. The van der Waals surface area contributed by atoms with Crippen molar-refractivity contribution in [2.24, 2.45) is 0 Å². The molecule has 112 valence electrons. The lowest BCUT2D eigenvalue weighted by atomic mass is 10.00. The van der Waals surface area contributed by atoms with E-state index >= 15 is 0 Å². The second-order valence-corrected chi connectivity index (χ2v) is 5.83. The highest BCUT2D eigenvalue weighted by Gasteiger charge is 2.22. The first-order valence-corrected chi connectivity index (χ1v) is 7.69. The molecule has 1 aromatic carbocycles. The van der Waals surface area contributed by atoms with E-state index in [1.165, 1.54) is 11.1 Å². The van der Waals surface area contributed by atoms with Crippen molar-refractivity contribution in [3.05, 3.63) is 34.9 Å². The number of ether oxygens (including phenoxy) is 1. The second-order valence-electron chi connectivity index (χ2n) is 5.83. The Hall–Kier alpha value is -0.900. The zero-order valence-corrected chi connectivity index (χ0v) is 12.9. The normalized spacial score (nSPS) is 19.2. The zero-order chi connectivity index (χ0) is 14.5. The Morgan fingerprint density at radius 2 is 2.00 bits per heavy atom. The van der Waals surface area contributed by atoms with E-state index in [1.807, 2.05) is 0 Å². The molecule has 0 aromatic heterocycles. The Balaban J connectivity index is 1.87. The van der Waals surface area contributed by atoms with Gasteiger partial charge in [-0.1, -0.05) is 23.8 Å². The van der Waals surface area contributed by atoms with Crippen molar-refractivity contribution >= 4 is 0 Å². The number of aliphatic hydroxyl groups is 1. The van der Waals surface area contributed by atoms with E-state index in [1.54, 1.807) is 0 Å². The van der Waals surface area contributed by atoms with Gasteiger partial charge in [0.05, 0.1) is 12.2 Å². The monoisotopic (exact) mass is 277 g/mol. The predicted octanol–water partition coefficient (Wildman–Crippen LogP) is 2.84. The van der Waals surface area contributed by atoms with Gasteiger partial charge in [-0.15, -0.1) is 0 Å². The van der Waals surface area contributed by atoms with Crippen LogP contribution in [0.25, 0.3) is 0 Å². The number of piperidine rings is 1. The van der Waals surface area contributed by atoms with E-state index in [0.29, 0.717) is 6.10 Å². The summed E-state index contributed by atoms with van der Waals surface area (Å²) in [7, 11) is 0. The maximum absolute atomic E-state index is 10.4. The van der Waals surface area contributed by atoms with Crippen LogP contribution in [0.2, 0.25) is 0 Å². The number of hydrogen-bond donors (Lipinski definition) is 1. The van der Waals surface area contributed by atoms with Crippen LogP contribution in [-0.2, 0) is 4.74 Å². The third kappa shape index (κ3) is 4.05. The first kappa shape index (κ1) is 15.5. The Morgan fingerprint density at radius 3 is 2.60 bits per heavy atom. The fourth-order valence-corrected chi connectivity index (χ4v) is 3.04. The summed E-state index contributed by atoms with van der Waals surface area (Å²) < 4.78 is 5.66. The summed E-state index contributed by atoms with van der Waals surface area (Å²) in [5.41, 5.74) is 3.49. The smallest absolute Gasteiger partial charge is 0.0919 e. The van der Waals surface area contributed by atoms with Gasteiger partial charge < -0.3 is 14.7 Å². The van der Waals surface area contributed by atoms with Crippen molar-refractivity contribution in [1.82, 2.24) is 4.90 Å². The summed E-state index contributed by atoms with van der Waals surface area (Å²) in [6.07, 6.45) is 2.18. The number of likely N-dealkylation sites (tertiary alicyclic amines) is 1. The lowest BCUT2D eigenvalue weighted by Crippen LogP contribution is -2.39. The summed E-state index contributed by atoms with van der Waals surface area (Å²) in [6, 6.07) is 6.27. The molecule has 0 saturated carbocycles. The fraction of sp³-hybridized carbons (Fsp3) is 0.647. The maximum Gasteiger partial charge on any atom is 0.0919 e. The van der Waals surface area contributed by atoms with Crippen LogP contribution in [0.4, 0.5) is 0 Å². The maximum atomic E-state index is 10.4. The van der Waals surface area contributed by atoms with Crippen LogP contribution < -0.4 is 0 Å². The van der Waals surface area contributed by atoms with E-state index < -0.39 is 0 Å². The molecule has 3 nitrogen and oxygen atoms in total. The number of rotatable bonds is 5. The first-order chi connectivity index (χ1) is 9.60. The molecule has 1 atom stereocenters. The van der Waals surface area contributed by atoms with Crippen LogP contribution in [0.3, 0.4) is 0 Å². The van der Waals surface area contributed by atoms with E-state index in [9.17, 15) is 5.11 Å². The molecular formula is C17H27NO2. The Bertz CT molecular complexity index is 425. The molecule has 2 rings (SSSR count). The van der Waals surface area contributed by atoms with E-state index in [2.05, 4.69) is 43.9 Å². The molecule has 0 bridgehead atoms. The number of benzene rings is 1. The summed E-state index contributed by atoms with van der Waals surface area (Å²) in [6.45, 7) is 9.78. The topological polar surface area (TPSA) is 32.7 Å². The van der Waals surface area contributed by atoms with Gasteiger partial charge in [-0.3, -0.25) is 0 Å². The number of aryl methyl sites for hydroxylation is 2. The van der Waals surface area contributed by atoms with Crippen LogP contribution in [-0.4, -0.2) is 42.4 Å². The van der Waals surface area contributed by atoms with E-state index in [0.717, 1.165) is 44.6 Å². The fourth-order valence-electron chi connectivity index (χ4n) is 3.04. The molecule has 1 N–H and O–H groups in total. The van der Waals surface area contributed by atoms with Gasteiger partial charge in [0, 0.05) is 26.2 Å². The molecule has 1 aromatic rings. The second kappa shape index (κ2) is 7.21. The van der Waals surface area contributed by atoms with Crippen LogP contribution in [0, 0.1) is 13.8 Å². The Labute approximate surface area is 122 Å². The molecule has 1 aliphatic heterocycles. The minimum absolute atomic E-state index is 0.390. The quantitative estimate of drug-likeness (QED) is 0.898. The van der Waals surface area contributed by atoms with Crippen molar-refractivity contribution < 1.29 is 9.84 Å². The average Bonchev–Trinajstić information content (AvgIpc) is 2.41. The molecule has 1 heterocycles. The van der Waals surface area contributed by atoms with Crippen LogP contribution >= 0.6 is 0 Å². The molecular weight excluding hydrogens is 250 g/mol. The lowest BCUT2D eigenvalue weighted by molar-refractivity contribution is 0.00322. The molecule has 0 amide bonds. The number of aliphatic hydroxyl groups excluding tert-OH is 1. The summed E-state index contributed by atoms with van der Waals surface area (Å²) in [5, 5.41) is 10.4. The van der Waals surface area contributed by atoms with Crippen LogP contribution in [0.1, 0.15) is 42.6 Å². The van der Waals surface area contributed by atoms with Crippen molar-refractivity contribution in [2.45, 2.75) is 45.8 Å². The predicted molar refractivity (Wildman–Crippen MR) is 82.0 cm³/mol. The highest BCUT2D eigenvalue weighted by molar-refractivity contribution is 5.32. The number of nitrogens with zero attached hydrogens (tertiary/aromatic N) is 1. The Morgan fingerprint density at radius 1 is 1.30 bits per heavy atom. The zero-order valence-electron chi connectivity index (χ0n) is 12.9. The summed E-state index contributed by atoms with van der Waals surface area (Å²) in [5.74, 6) is 0. The van der Waals surface area contributed by atoms with Crippen LogP contribution in [0.15, 0.2) is 18.2 Å². The largest absolute Gasteiger partial charge is 0.387 e. The average molecular weight is 277 g/mol. The van der Waals surface area contributed by atoms with Crippen molar-refractivity contribution in [2.75, 3.05) is 26.2 Å². The standard InChI is InChI=1S/C17H27NO2/c1-4-20-15-7-9-18(10-8-15)12-17(19)16-6-5-13(2)11-14(16)3/h5-6,11,15,17,19H,4,7-10,12H2,1-3H3. The SMILES string of the molecule is CCOC1CCN(CC(O)c2ccc(C)cc2C)CC1. The lowest BCUT2D eigenvalue weighted by Gasteiger charge is -2.33. The van der Waals surface area contributed by atoms with Crippen molar-refractivity contribution in [3.8, 4) is 0 Å². The van der Waals surface area contributed by atoms with Gasteiger partial charge in [-0.05, 0) is 44.7 Å². The van der Waals surface area contributed by atoms with Crippen molar-refractivity contribution in [1.29, 1.82) is 0 Å². The Kier molecular flexibility index (Phi) is 5.58. The molecule has 1 aliphatic rings. The van der Waals surface area contributed by atoms with Gasteiger partial charge in [-0.25, -0.2) is 0 Å². The van der Waals surface area contributed by atoms with Crippen molar-refractivity contribution in [3.63, 3.8) is 0 Å². The summed E-state index contributed by atoms with van der Waals surface area (Å²) >= 11 is 0. The highest BCUT2D eigenvalue weighted by atomic mass is 16.5. The molecule has 20 heavy (non-hydrogen) atoms. The minimum atomic E-state index is -0.390. The highest BCUT2D eigenvalue weighted by Crippen LogP contribution is 2.22. The van der Waals surface area contributed by atoms with Gasteiger partial charge in [0.1, 0.15) is 0 Å². The molecule has 0 aliphatic carbocycles. The summed E-state index contributed by atoms with van der Waals surface area (Å²) in [4.78, 5) is 2.35. The molecule has 0 spiro atoms. The number of β-amino-alcohol motifs (C(OH)–C–C–N with tert-alkyl or cyclic N) is 1. The third-order valence-corrected chi connectivity index (χ3v) is 4.15. The van der Waals surface area contributed by atoms with Gasteiger partial charge >= 0.3 is 0 Å². The molecule has 3 heteroatoms. The van der Waals surface area contributed by atoms with Crippen LogP contribution in [0.5, 0.6) is 0 Å².